The van der Waals surface area contributed by atoms with Gasteiger partial charge < -0.3 is 10.1 Å². The van der Waals surface area contributed by atoms with Crippen LogP contribution in [0.25, 0.3) is 10.8 Å². The van der Waals surface area contributed by atoms with E-state index in [1.54, 1.807) is 13.2 Å². The largest absolute Gasteiger partial charge is 0.496 e. The van der Waals surface area contributed by atoms with E-state index in [9.17, 15) is 9.59 Å². The Hall–Kier alpha value is -3.15. The summed E-state index contributed by atoms with van der Waals surface area (Å²) in [7, 11) is 1.66. The Kier molecular flexibility index (Phi) is 5.57. The molecule has 3 aromatic rings. The van der Waals surface area contributed by atoms with Crippen LogP contribution in [0.3, 0.4) is 0 Å². The second-order valence-corrected chi connectivity index (χ2v) is 7.83. The van der Waals surface area contributed by atoms with Gasteiger partial charge in [0.1, 0.15) is 5.75 Å². The lowest BCUT2D eigenvalue weighted by molar-refractivity contribution is -0.122. The van der Waals surface area contributed by atoms with Gasteiger partial charge in [0.05, 0.1) is 30.1 Å². The third-order valence-electron chi connectivity index (χ3n) is 6.03. The first-order valence-electron chi connectivity index (χ1n) is 10.5. The molecule has 0 spiro atoms. The average Bonchev–Trinajstić information content (AvgIpc) is 3.25. The Morgan fingerprint density at radius 1 is 1.10 bits per heavy atom. The molecule has 30 heavy (non-hydrogen) atoms. The Balaban J connectivity index is 1.67. The molecule has 1 aliphatic rings. The van der Waals surface area contributed by atoms with Crippen LogP contribution in [-0.4, -0.2) is 22.8 Å². The molecule has 0 bridgehead atoms. The number of nitrogens with zero attached hydrogens (tertiary/aromatic N) is 2. The summed E-state index contributed by atoms with van der Waals surface area (Å²) in [4.78, 5) is 25.8. The number of hydrogen-bond donors (Lipinski definition) is 1. The minimum atomic E-state index is -0.432. The molecule has 156 valence electrons. The fourth-order valence-electron chi connectivity index (χ4n) is 4.59. The van der Waals surface area contributed by atoms with Crippen molar-refractivity contribution in [2.24, 2.45) is 0 Å². The van der Waals surface area contributed by atoms with Crippen LogP contribution in [0.5, 0.6) is 5.75 Å². The molecule has 0 saturated heterocycles. The number of rotatable bonds is 6. The van der Waals surface area contributed by atoms with Crippen LogP contribution in [0.1, 0.15) is 43.9 Å². The highest BCUT2D eigenvalue weighted by Crippen LogP contribution is 2.42. The number of methoxy groups -OCH3 is 1. The van der Waals surface area contributed by atoms with Crippen LogP contribution >= 0.6 is 0 Å². The van der Waals surface area contributed by atoms with E-state index in [1.807, 2.05) is 49.4 Å². The minimum Gasteiger partial charge on any atom is -0.496 e. The first-order valence-corrected chi connectivity index (χ1v) is 10.5. The normalized spacial score (nSPS) is 15.3. The van der Waals surface area contributed by atoms with Gasteiger partial charge in [-0.2, -0.15) is 5.10 Å². The highest BCUT2D eigenvalue weighted by Gasteiger charge is 2.39. The van der Waals surface area contributed by atoms with Crippen molar-refractivity contribution in [3.05, 3.63) is 70.1 Å². The zero-order valence-corrected chi connectivity index (χ0v) is 17.5. The number of amides is 1. The van der Waals surface area contributed by atoms with Crippen LogP contribution in [0.15, 0.2) is 53.3 Å². The predicted octanol–water partition coefficient (Wildman–Crippen LogP) is 3.55. The molecule has 6 heteroatoms. The third-order valence-corrected chi connectivity index (χ3v) is 6.03. The number of benzene rings is 2. The van der Waals surface area contributed by atoms with Crippen LogP contribution in [0.4, 0.5) is 0 Å². The standard InChI is InChI=1S/C24H27N3O3/c1-3-27-23(29)18-11-5-4-10-17(18)20(26-27)16-22(28)25-24(14-8-9-15-24)19-12-6-7-13-21(19)30-2/h4-7,10-13H,3,8-9,14-16H2,1-2H3,(H,25,28). The van der Waals surface area contributed by atoms with Gasteiger partial charge in [0, 0.05) is 17.5 Å². The van der Waals surface area contributed by atoms with Gasteiger partial charge in [-0.05, 0) is 31.9 Å². The molecule has 1 heterocycles. The van der Waals surface area contributed by atoms with Crippen LogP contribution in [0, 0.1) is 0 Å². The van der Waals surface area contributed by atoms with Crippen molar-refractivity contribution in [2.75, 3.05) is 7.11 Å². The van der Waals surface area contributed by atoms with Crippen molar-refractivity contribution in [1.82, 2.24) is 15.1 Å². The Morgan fingerprint density at radius 3 is 2.47 bits per heavy atom. The maximum atomic E-state index is 13.2. The van der Waals surface area contributed by atoms with Gasteiger partial charge in [-0.3, -0.25) is 9.59 Å². The summed E-state index contributed by atoms with van der Waals surface area (Å²) in [5.41, 5.74) is 1.09. The number of carbonyl (C=O) groups is 1. The van der Waals surface area contributed by atoms with E-state index >= 15 is 0 Å². The Labute approximate surface area is 175 Å². The van der Waals surface area contributed by atoms with Crippen molar-refractivity contribution in [3.8, 4) is 5.75 Å². The number of para-hydroxylation sites is 1. The predicted molar refractivity (Wildman–Crippen MR) is 117 cm³/mol. The lowest BCUT2D eigenvalue weighted by atomic mass is 9.87. The van der Waals surface area contributed by atoms with Crippen molar-refractivity contribution in [2.45, 2.75) is 51.1 Å². The second-order valence-electron chi connectivity index (χ2n) is 7.83. The van der Waals surface area contributed by atoms with Gasteiger partial charge in [-0.25, -0.2) is 4.68 Å². The van der Waals surface area contributed by atoms with E-state index in [2.05, 4.69) is 10.4 Å². The molecule has 1 N–H and O–H groups in total. The lowest BCUT2D eigenvalue weighted by Gasteiger charge is -2.32. The van der Waals surface area contributed by atoms with E-state index in [0.717, 1.165) is 42.4 Å². The number of aryl methyl sites for hydroxylation is 1. The van der Waals surface area contributed by atoms with Gasteiger partial charge in [-0.15, -0.1) is 0 Å². The Morgan fingerprint density at radius 2 is 1.77 bits per heavy atom. The molecule has 1 fully saturated rings. The van der Waals surface area contributed by atoms with Gasteiger partial charge in [0.2, 0.25) is 5.91 Å². The zero-order valence-electron chi connectivity index (χ0n) is 17.5. The summed E-state index contributed by atoms with van der Waals surface area (Å²) < 4.78 is 7.01. The summed E-state index contributed by atoms with van der Waals surface area (Å²) in [6.45, 7) is 2.34. The second kappa shape index (κ2) is 8.30. The molecular weight excluding hydrogens is 378 g/mol. The molecule has 4 rings (SSSR count). The highest BCUT2D eigenvalue weighted by atomic mass is 16.5. The summed E-state index contributed by atoms with van der Waals surface area (Å²) >= 11 is 0. The Bertz CT molecular complexity index is 1130. The number of nitrogens with one attached hydrogen (secondary N) is 1. The van der Waals surface area contributed by atoms with Gasteiger partial charge in [0.25, 0.3) is 5.56 Å². The topological polar surface area (TPSA) is 73.2 Å². The average molecular weight is 405 g/mol. The number of fused-ring (bicyclic) bond motifs is 1. The number of ether oxygens (including phenoxy) is 1. The molecule has 2 aromatic carbocycles. The quantitative estimate of drug-likeness (QED) is 0.681. The van der Waals surface area contributed by atoms with Crippen LogP contribution < -0.4 is 15.6 Å². The van der Waals surface area contributed by atoms with Crippen molar-refractivity contribution >= 4 is 16.7 Å². The zero-order chi connectivity index (χ0) is 21.1. The number of aromatic nitrogens is 2. The molecular formula is C24H27N3O3. The van der Waals surface area contributed by atoms with Gasteiger partial charge >= 0.3 is 0 Å². The lowest BCUT2D eigenvalue weighted by Crippen LogP contribution is -2.45. The van der Waals surface area contributed by atoms with E-state index in [0.29, 0.717) is 17.6 Å². The van der Waals surface area contributed by atoms with E-state index in [-0.39, 0.29) is 17.9 Å². The maximum absolute atomic E-state index is 13.2. The third kappa shape index (κ3) is 3.58. The number of carbonyl (C=O) groups excluding carboxylic acids is 1. The van der Waals surface area contributed by atoms with Crippen molar-refractivity contribution in [1.29, 1.82) is 0 Å². The smallest absolute Gasteiger partial charge is 0.274 e. The van der Waals surface area contributed by atoms with Crippen LogP contribution in [-0.2, 0) is 23.3 Å². The van der Waals surface area contributed by atoms with E-state index in [1.165, 1.54) is 4.68 Å². The van der Waals surface area contributed by atoms with Gasteiger partial charge in [-0.1, -0.05) is 49.2 Å². The van der Waals surface area contributed by atoms with Crippen molar-refractivity contribution < 1.29 is 9.53 Å². The molecule has 1 amide bonds. The first-order chi connectivity index (χ1) is 14.6. The van der Waals surface area contributed by atoms with Crippen LogP contribution in [0.2, 0.25) is 0 Å². The first kappa shape index (κ1) is 20.1. The SMILES string of the molecule is CCn1nc(CC(=O)NC2(c3ccccc3OC)CCCC2)c2ccccc2c1=O. The van der Waals surface area contributed by atoms with E-state index < -0.39 is 5.54 Å². The summed E-state index contributed by atoms with van der Waals surface area (Å²) in [5.74, 6) is 0.699. The fourth-order valence-corrected chi connectivity index (χ4v) is 4.59. The molecule has 0 aliphatic heterocycles. The molecule has 1 aromatic heterocycles. The molecule has 0 radical (unpaired) electrons. The number of hydrogen-bond acceptors (Lipinski definition) is 4. The molecule has 0 unspecified atom stereocenters. The summed E-state index contributed by atoms with van der Waals surface area (Å²) in [6, 6.07) is 15.3. The maximum Gasteiger partial charge on any atom is 0.274 e. The van der Waals surface area contributed by atoms with Crippen molar-refractivity contribution in [3.63, 3.8) is 0 Å². The summed E-state index contributed by atoms with van der Waals surface area (Å²) in [6.07, 6.45) is 3.99. The summed E-state index contributed by atoms with van der Waals surface area (Å²) in [5, 5.41) is 9.11. The minimum absolute atomic E-state index is 0.0956. The molecule has 0 atom stereocenters. The molecule has 1 aliphatic carbocycles. The fraction of sp³-hybridized carbons (Fsp3) is 0.375. The monoisotopic (exact) mass is 405 g/mol. The van der Waals surface area contributed by atoms with Gasteiger partial charge in [0.15, 0.2) is 0 Å². The highest BCUT2D eigenvalue weighted by molar-refractivity contribution is 5.88. The molecule has 1 saturated carbocycles. The van der Waals surface area contributed by atoms with E-state index in [4.69, 9.17) is 4.74 Å². The molecule has 6 nitrogen and oxygen atoms in total.